The lowest BCUT2D eigenvalue weighted by molar-refractivity contribution is -0.134. The van der Waals surface area contributed by atoms with Crippen LogP contribution in [0.15, 0.2) is 66.9 Å². The van der Waals surface area contributed by atoms with Gasteiger partial charge in [0.15, 0.2) is 17.3 Å². The predicted octanol–water partition coefficient (Wildman–Crippen LogP) is 4.57. The SMILES string of the molecule is CC(=O)OC1=C(c2ccc(C)cc2)Oc2ccccc2-n2cccc21. The summed E-state index contributed by atoms with van der Waals surface area (Å²) in [6, 6.07) is 19.5. The van der Waals surface area contributed by atoms with E-state index in [2.05, 4.69) is 0 Å². The van der Waals surface area contributed by atoms with Crippen LogP contribution in [0.1, 0.15) is 23.7 Å². The molecule has 0 fully saturated rings. The monoisotopic (exact) mass is 331 g/mol. The minimum Gasteiger partial charge on any atom is -0.451 e. The van der Waals surface area contributed by atoms with Gasteiger partial charge in [0.2, 0.25) is 0 Å². The Balaban J connectivity index is 2.00. The summed E-state index contributed by atoms with van der Waals surface area (Å²) >= 11 is 0. The van der Waals surface area contributed by atoms with Crippen LogP contribution in [0.3, 0.4) is 0 Å². The van der Waals surface area contributed by atoms with Gasteiger partial charge in [-0.1, -0.05) is 42.0 Å². The zero-order valence-corrected chi connectivity index (χ0v) is 14.0. The molecule has 4 nitrogen and oxygen atoms in total. The van der Waals surface area contributed by atoms with Crippen molar-refractivity contribution >= 4 is 17.5 Å². The van der Waals surface area contributed by atoms with E-state index in [4.69, 9.17) is 9.47 Å². The summed E-state index contributed by atoms with van der Waals surface area (Å²) in [4.78, 5) is 11.7. The number of ether oxygens (including phenoxy) is 2. The molecule has 0 bridgehead atoms. The van der Waals surface area contributed by atoms with Crippen LogP contribution in [0.25, 0.3) is 17.2 Å². The first-order valence-corrected chi connectivity index (χ1v) is 8.08. The zero-order chi connectivity index (χ0) is 17.4. The fourth-order valence-corrected chi connectivity index (χ4v) is 2.93. The molecule has 4 rings (SSSR count). The van der Waals surface area contributed by atoms with E-state index < -0.39 is 0 Å². The van der Waals surface area contributed by atoms with Gasteiger partial charge in [-0.05, 0) is 31.2 Å². The molecule has 3 aromatic rings. The first kappa shape index (κ1) is 15.3. The highest BCUT2D eigenvalue weighted by atomic mass is 16.6. The Morgan fingerprint density at radius 1 is 1.00 bits per heavy atom. The molecule has 2 aromatic carbocycles. The second-order valence-electron chi connectivity index (χ2n) is 5.95. The zero-order valence-electron chi connectivity index (χ0n) is 14.0. The molecule has 4 heteroatoms. The maximum Gasteiger partial charge on any atom is 0.308 e. The van der Waals surface area contributed by atoms with Gasteiger partial charge < -0.3 is 14.0 Å². The molecule has 0 amide bonds. The lowest BCUT2D eigenvalue weighted by atomic mass is 10.1. The second kappa shape index (κ2) is 5.98. The van der Waals surface area contributed by atoms with Gasteiger partial charge in [-0.15, -0.1) is 0 Å². The minimum atomic E-state index is -0.387. The summed E-state index contributed by atoms with van der Waals surface area (Å²) in [5, 5.41) is 0. The summed E-state index contributed by atoms with van der Waals surface area (Å²) in [6.45, 7) is 3.42. The van der Waals surface area contributed by atoms with E-state index >= 15 is 0 Å². The van der Waals surface area contributed by atoms with Crippen LogP contribution >= 0.6 is 0 Å². The molecule has 0 atom stereocenters. The average molecular weight is 331 g/mol. The fourth-order valence-electron chi connectivity index (χ4n) is 2.93. The van der Waals surface area contributed by atoms with E-state index in [1.807, 2.05) is 78.4 Å². The molecule has 124 valence electrons. The standard InChI is InChI=1S/C21H17NO3/c1-14-9-11-16(12-10-14)20-21(24-15(2)23)18-7-5-13-22(18)17-6-3-4-8-19(17)25-20/h3-13H,1-2H3. The van der Waals surface area contributed by atoms with E-state index in [9.17, 15) is 4.79 Å². The molecule has 2 heterocycles. The highest BCUT2D eigenvalue weighted by Gasteiger charge is 2.26. The molecule has 0 radical (unpaired) electrons. The minimum absolute atomic E-state index is 0.387. The molecule has 0 spiro atoms. The number of hydrogen-bond acceptors (Lipinski definition) is 3. The average Bonchev–Trinajstić information content (AvgIpc) is 3.04. The van der Waals surface area contributed by atoms with E-state index in [-0.39, 0.29) is 5.97 Å². The van der Waals surface area contributed by atoms with Gasteiger partial charge >= 0.3 is 5.97 Å². The fraction of sp³-hybridized carbons (Fsp3) is 0.0952. The van der Waals surface area contributed by atoms with Crippen LogP contribution in [0.4, 0.5) is 0 Å². The summed E-state index contributed by atoms with van der Waals surface area (Å²) in [7, 11) is 0. The van der Waals surface area contributed by atoms with Crippen molar-refractivity contribution in [1.82, 2.24) is 4.57 Å². The van der Waals surface area contributed by atoms with Crippen molar-refractivity contribution in [3.8, 4) is 11.4 Å². The van der Waals surface area contributed by atoms with Crippen molar-refractivity contribution in [3.63, 3.8) is 0 Å². The van der Waals surface area contributed by atoms with Crippen molar-refractivity contribution in [1.29, 1.82) is 0 Å². The van der Waals surface area contributed by atoms with Crippen molar-refractivity contribution in [2.45, 2.75) is 13.8 Å². The molecule has 0 saturated heterocycles. The number of rotatable bonds is 2. The third-order valence-electron chi connectivity index (χ3n) is 4.08. The normalized spacial score (nSPS) is 12.7. The van der Waals surface area contributed by atoms with Gasteiger partial charge in [0.05, 0.1) is 11.4 Å². The predicted molar refractivity (Wildman–Crippen MR) is 96.2 cm³/mol. The van der Waals surface area contributed by atoms with Crippen LogP contribution in [-0.4, -0.2) is 10.5 Å². The number of carbonyl (C=O) groups excluding carboxylic acids is 1. The summed E-state index contributed by atoms with van der Waals surface area (Å²) < 4.78 is 13.8. The Morgan fingerprint density at radius 3 is 2.52 bits per heavy atom. The number of fused-ring (bicyclic) bond motifs is 3. The van der Waals surface area contributed by atoms with Gasteiger partial charge in [0.25, 0.3) is 0 Å². The van der Waals surface area contributed by atoms with Crippen LogP contribution in [0, 0.1) is 6.92 Å². The van der Waals surface area contributed by atoms with Crippen LogP contribution in [-0.2, 0) is 9.53 Å². The van der Waals surface area contributed by atoms with Gasteiger partial charge in [0, 0.05) is 18.7 Å². The maximum atomic E-state index is 11.7. The number of aromatic nitrogens is 1. The summed E-state index contributed by atoms with van der Waals surface area (Å²) in [6.07, 6.45) is 1.93. The van der Waals surface area contributed by atoms with Crippen molar-refractivity contribution in [2.75, 3.05) is 0 Å². The Labute approximate surface area is 145 Å². The third kappa shape index (κ3) is 2.72. The van der Waals surface area contributed by atoms with E-state index in [0.717, 1.165) is 22.5 Å². The first-order chi connectivity index (χ1) is 12.1. The largest absolute Gasteiger partial charge is 0.451 e. The van der Waals surface area contributed by atoms with E-state index in [0.29, 0.717) is 17.3 Å². The number of carbonyl (C=O) groups is 1. The number of para-hydroxylation sites is 2. The van der Waals surface area contributed by atoms with Crippen molar-refractivity contribution in [2.24, 2.45) is 0 Å². The summed E-state index contributed by atoms with van der Waals surface area (Å²) in [5.41, 5.74) is 3.67. The number of hydrogen-bond donors (Lipinski definition) is 0. The van der Waals surface area contributed by atoms with Crippen LogP contribution < -0.4 is 4.74 Å². The van der Waals surface area contributed by atoms with E-state index in [1.165, 1.54) is 6.92 Å². The Morgan fingerprint density at radius 2 is 1.76 bits per heavy atom. The molecule has 0 saturated carbocycles. The highest BCUT2D eigenvalue weighted by Crippen LogP contribution is 2.38. The molecule has 1 aliphatic heterocycles. The lowest BCUT2D eigenvalue weighted by Crippen LogP contribution is -2.06. The van der Waals surface area contributed by atoms with Gasteiger partial charge in [-0.3, -0.25) is 4.79 Å². The van der Waals surface area contributed by atoms with Crippen LogP contribution in [0.2, 0.25) is 0 Å². The van der Waals surface area contributed by atoms with Crippen LogP contribution in [0.5, 0.6) is 5.75 Å². The second-order valence-corrected chi connectivity index (χ2v) is 5.95. The molecule has 1 aromatic heterocycles. The number of benzene rings is 2. The molecule has 0 N–H and O–H groups in total. The van der Waals surface area contributed by atoms with Gasteiger partial charge in [-0.25, -0.2) is 0 Å². The first-order valence-electron chi connectivity index (χ1n) is 8.08. The maximum absolute atomic E-state index is 11.7. The smallest absolute Gasteiger partial charge is 0.308 e. The highest BCUT2D eigenvalue weighted by molar-refractivity contribution is 5.90. The molecule has 25 heavy (non-hydrogen) atoms. The quantitative estimate of drug-likeness (QED) is 0.646. The Hall–Kier alpha value is -3.27. The molecular formula is C21H17NO3. The van der Waals surface area contributed by atoms with E-state index in [1.54, 1.807) is 0 Å². The lowest BCUT2D eigenvalue weighted by Gasteiger charge is -2.13. The van der Waals surface area contributed by atoms with Gasteiger partial charge in [0.1, 0.15) is 0 Å². The number of esters is 1. The summed E-state index contributed by atoms with van der Waals surface area (Å²) in [5.74, 6) is 1.26. The third-order valence-corrected chi connectivity index (χ3v) is 4.08. The number of aryl methyl sites for hydroxylation is 1. The van der Waals surface area contributed by atoms with Crippen molar-refractivity contribution < 1.29 is 14.3 Å². The topological polar surface area (TPSA) is 40.5 Å². The molecule has 0 aliphatic carbocycles. The van der Waals surface area contributed by atoms with Gasteiger partial charge in [-0.2, -0.15) is 0 Å². The number of nitrogens with zero attached hydrogens (tertiary/aromatic N) is 1. The Kier molecular flexibility index (Phi) is 3.65. The molecule has 1 aliphatic rings. The molecule has 0 unspecified atom stereocenters. The van der Waals surface area contributed by atoms with Crippen molar-refractivity contribution in [3.05, 3.63) is 83.7 Å². The Bertz CT molecular complexity index is 980. The molecular weight excluding hydrogens is 314 g/mol.